The number of benzene rings is 2. The summed E-state index contributed by atoms with van der Waals surface area (Å²) >= 11 is 0.661. The van der Waals surface area contributed by atoms with Crippen LogP contribution in [0.4, 0.5) is 39.5 Å². The van der Waals surface area contributed by atoms with Gasteiger partial charge in [-0.3, -0.25) is 4.79 Å². The lowest BCUT2D eigenvalue weighted by Crippen LogP contribution is -2.58. The van der Waals surface area contributed by atoms with Gasteiger partial charge in [-0.05, 0) is 71.4 Å². The Labute approximate surface area is 307 Å². The maximum absolute atomic E-state index is 14.3. The van der Waals surface area contributed by atoms with Gasteiger partial charge in [0.15, 0.2) is 0 Å². The highest BCUT2D eigenvalue weighted by Crippen LogP contribution is 2.41. The predicted octanol–water partition coefficient (Wildman–Crippen LogP) is 8.42. The van der Waals surface area contributed by atoms with Crippen LogP contribution in [-0.4, -0.2) is 61.4 Å². The van der Waals surface area contributed by atoms with Crippen LogP contribution in [0.25, 0.3) is 22.1 Å². The monoisotopic (exact) mass is 806 g/mol. The summed E-state index contributed by atoms with van der Waals surface area (Å²) in [5.41, 5.74) is 6.67. The summed E-state index contributed by atoms with van der Waals surface area (Å²) in [6, 6.07) is 8.51. The fourth-order valence-electron chi connectivity index (χ4n) is 5.08. The Bertz CT molecular complexity index is 1840. The molecule has 0 aliphatic rings. The number of thioether (sulfide) groups is 1. The molecule has 4 N–H and O–H groups in total. The quantitative estimate of drug-likeness (QED) is 0.0420. The highest BCUT2D eigenvalue weighted by atomic mass is 32.2. The van der Waals surface area contributed by atoms with Crippen molar-refractivity contribution in [1.29, 1.82) is 0 Å². The molecule has 0 spiro atoms. The molecule has 0 radical (unpaired) electrons. The third-order valence-electron chi connectivity index (χ3n) is 7.92. The minimum atomic E-state index is -5.49. The molecule has 20 heteroatoms. The number of hydrogen-bond acceptors (Lipinski definition) is 11. The third-order valence-corrected chi connectivity index (χ3v) is 8.91. The van der Waals surface area contributed by atoms with Crippen LogP contribution in [0.2, 0.25) is 0 Å². The fourth-order valence-corrected chi connectivity index (χ4v) is 6.01. The van der Waals surface area contributed by atoms with Gasteiger partial charge in [-0.1, -0.05) is 6.07 Å². The normalized spacial score (nSPS) is 14.5. The van der Waals surface area contributed by atoms with E-state index in [1.807, 2.05) is 0 Å². The van der Waals surface area contributed by atoms with E-state index in [0.29, 0.717) is 11.8 Å². The van der Waals surface area contributed by atoms with Gasteiger partial charge in [-0.25, -0.2) is 14.3 Å². The second kappa shape index (κ2) is 16.2. The summed E-state index contributed by atoms with van der Waals surface area (Å²) in [5, 5.41) is 0.209. The number of fused-ring (bicyclic) bond motifs is 1. The standard InChI is InChI=1S/C34H39F9N2O8S/c1-28(2,44)18-30(5,29(3,4)45)27(47)49-13-11-31(35,36)52-34(42,43)53-32(37,38)12-14-54-21-9-7-19-15-23(26(46)50-24(19)17-21)22-10-8-20(48-6)16-25(22)51-33(39,40)41/h7-10,15-17H,11-14,18,44-45H2,1-6H3. The van der Waals surface area contributed by atoms with E-state index in [2.05, 4.69) is 14.2 Å². The molecular formula is C34H39F9N2O8S. The van der Waals surface area contributed by atoms with Crippen molar-refractivity contribution in [3.05, 3.63) is 52.9 Å². The van der Waals surface area contributed by atoms with Gasteiger partial charge in [0.2, 0.25) is 0 Å². The Hall–Kier alpha value is -3.72. The van der Waals surface area contributed by atoms with Crippen LogP contribution >= 0.6 is 11.8 Å². The Kier molecular flexibility index (Phi) is 13.4. The topological polar surface area (TPSA) is 145 Å². The molecule has 54 heavy (non-hydrogen) atoms. The van der Waals surface area contributed by atoms with Gasteiger partial charge in [0.25, 0.3) is 0 Å². The smallest absolute Gasteiger partial charge is 0.497 e. The molecule has 2 aromatic carbocycles. The third kappa shape index (κ3) is 12.7. The zero-order chi connectivity index (χ0) is 41.1. The van der Waals surface area contributed by atoms with Crippen LogP contribution in [0.3, 0.4) is 0 Å². The minimum Gasteiger partial charge on any atom is -0.497 e. The van der Waals surface area contributed by atoms with Gasteiger partial charge in [0.05, 0.1) is 31.1 Å². The van der Waals surface area contributed by atoms with Gasteiger partial charge in [0.1, 0.15) is 17.1 Å². The van der Waals surface area contributed by atoms with Crippen molar-refractivity contribution in [3.8, 4) is 22.6 Å². The number of methoxy groups -OCH3 is 1. The first kappa shape index (κ1) is 44.7. The van der Waals surface area contributed by atoms with Crippen LogP contribution in [-0.2, 0) is 19.0 Å². The first-order valence-electron chi connectivity index (χ1n) is 15.9. The number of halogens is 9. The molecule has 3 aromatic rings. The molecule has 1 heterocycles. The summed E-state index contributed by atoms with van der Waals surface area (Å²) in [6.45, 7) is 6.40. The average Bonchev–Trinajstić information content (AvgIpc) is 2.97. The molecule has 0 aliphatic heterocycles. The number of hydrogen-bond donors (Lipinski definition) is 2. The lowest BCUT2D eigenvalue weighted by Gasteiger charge is -2.42. The van der Waals surface area contributed by atoms with Crippen molar-refractivity contribution in [2.45, 2.75) is 94.7 Å². The maximum atomic E-state index is 14.3. The molecule has 0 aliphatic carbocycles. The summed E-state index contributed by atoms with van der Waals surface area (Å²) in [7, 11) is 1.21. The number of carbonyl (C=O) groups excluding carboxylic acids is 1. The highest BCUT2D eigenvalue weighted by molar-refractivity contribution is 7.99. The molecule has 0 saturated carbocycles. The Balaban J connectivity index is 1.61. The molecule has 0 fully saturated rings. The van der Waals surface area contributed by atoms with Crippen molar-refractivity contribution in [2.24, 2.45) is 16.9 Å². The second-order valence-corrected chi connectivity index (χ2v) is 14.9. The average molecular weight is 807 g/mol. The van der Waals surface area contributed by atoms with Crippen LogP contribution < -0.4 is 26.6 Å². The molecule has 3 rings (SSSR count). The van der Waals surface area contributed by atoms with E-state index in [4.69, 9.17) is 25.4 Å². The van der Waals surface area contributed by atoms with Crippen molar-refractivity contribution in [3.63, 3.8) is 0 Å². The number of carbonyl (C=O) groups is 1. The van der Waals surface area contributed by atoms with E-state index < -0.39 is 83.9 Å². The number of ether oxygens (including phenoxy) is 5. The molecule has 302 valence electrons. The van der Waals surface area contributed by atoms with Gasteiger partial charge in [0, 0.05) is 45.2 Å². The zero-order valence-corrected chi connectivity index (χ0v) is 30.6. The zero-order valence-electron chi connectivity index (χ0n) is 29.8. The van der Waals surface area contributed by atoms with E-state index in [9.17, 15) is 49.1 Å². The number of esters is 1. The highest BCUT2D eigenvalue weighted by Gasteiger charge is 2.53. The van der Waals surface area contributed by atoms with Gasteiger partial charge < -0.3 is 30.1 Å². The van der Waals surface area contributed by atoms with E-state index in [-0.39, 0.29) is 39.2 Å². The van der Waals surface area contributed by atoms with Crippen molar-refractivity contribution in [2.75, 3.05) is 19.5 Å². The summed E-state index contributed by atoms with van der Waals surface area (Å²) in [5.74, 6) is -2.40. The molecule has 1 atom stereocenters. The fraction of sp³-hybridized carbons (Fsp3) is 0.529. The first-order valence-corrected chi connectivity index (χ1v) is 16.9. The van der Waals surface area contributed by atoms with E-state index >= 15 is 0 Å². The lowest BCUT2D eigenvalue weighted by atomic mass is 9.67. The second-order valence-electron chi connectivity index (χ2n) is 13.7. The SMILES string of the molecule is COc1ccc(-c2cc3ccc(SCCC(F)(F)OC(F)(F)OC(F)(F)CCOC(=O)C(C)(CC(C)(C)N)C(C)(C)N)cc3oc2=O)c(OC(F)(F)F)c1. The first-order chi connectivity index (χ1) is 24.4. The molecule has 0 amide bonds. The Morgan fingerprint density at radius 3 is 1.98 bits per heavy atom. The minimum absolute atomic E-state index is 0.00833. The molecule has 10 nitrogen and oxygen atoms in total. The molecule has 1 unspecified atom stereocenters. The number of nitrogens with two attached hydrogens (primary N) is 2. The maximum Gasteiger partial charge on any atom is 0.573 e. The van der Waals surface area contributed by atoms with E-state index in [1.165, 1.54) is 58.2 Å². The summed E-state index contributed by atoms with van der Waals surface area (Å²) < 4.78 is 150. The molecule has 1 aromatic heterocycles. The lowest BCUT2D eigenvalue weighted by molar-refractivity contribution is -0.514. The Morgan fingerprint density at radius 1 is 0.815 bits per heavy atom. The predicted molar refractivity (Wildman–Crippen MR) is 178 cm³/mol. The number of rotatable bonds is 18. The largest absolute Gasteiger partial charge is 0.573 e. The molecule has 0 bridgehead atoms. The van der Waals surface area contributed by atoms with E-state index in [1.54, 1.807) is 13.8 Å². The van der Waals surface area contributed by atoms with Gasteiger partial charge >= 0.3 is 36.5 Å². The molecular weight excluding hydrogens is 767 g/mol. The molecule has 0 saturated heterocycles. The summed E-state index contributed by atoms with van der Waals surface area (Å²) in [4.78, 5) is 25.8. The van der Waals surface area contributed by atoms with Crippen LogP contribution in [0.1, 0.15) is 53.9 Å². The Morgan fingerprint density at radius 2 is 1.43 bits per heavy atom. The van der Waals surface area contributed by atoms with Crippen LogP contribution in [0.5, 0.6) is 11.5 Å². The van der Waals surface area contributed by atoms with Crippen LogP contribution in [0, 0.1) is 5.41 Å². The van der Waals surface area contributed by atoms with E-state index in [0.717, 1.165) is 12.1 Å². The van der Waals surface area contributed by atoms with Crippen molar-refractivity contribution in [1.82, 2.24) is 0 Å². The number of alkyl halides is 9. The van der Waals surface area contributed by atoms with Crippen LogP contribution in [0.15, 0.2) is 56.6 Å². The van der Waals surface area contributed by atoms with Gasteiger partial charge in [-0.15, -0.1) is 33.7 Å². The van der Waals surface area contributed by atoms with Crippen molar-refractivity contribution >= 4 is 28.7 Å². The summed E-state index contributed by atoms with van der Waals surface area (Å²) in [6.07, 6.45) is -23.2. The van der Waals surface area contributed by atoms with Crippen molar-refractivity contribution < 1.29 is 72.4 Å². The van der Waals surface area contributed by atoms with Gasteiger partial charge in [-0.2, -0.15) is 17.6 Å².